The molecule has 2 heterocycles. The van der Waals surface area contributed by atoms with E-state index >= 15 is 0 Å². The summed E-state index contributed by atoms with van der Waals surface area (Å²) in [4.78, 5) is 28.2. The fourth-order valence-corrected chi connectivity index (χ4v) is 1.71. The first-order valence-electron chi connectivity index (χ1n) is 4.71. The highest BCUT2D eigenvalue weighted by atomic mass is 79.9. The number of nitrogens with zero attached hydrogens (tertiary/aromatic N) is 2. The maximum Gasteiger partial charge on any atom is 0.266 e. The van der Waals surface area contributed by atoms with Crippen LogP contribution < -0.4 is 20.9 Å². The van der Waals surface area contributed by atoms with E-state index in [9.17, 15) is 9.59 Å². The van der Waals surface area contributed by atoms with Crippen LogP contribution in [0.2, 0.25) is 0 Å². The SMILES string of the molecule is NNC(=O)CN1C(=O)COc2ccc(Br)nc21. The van der Waals surface area contributed by atoms with E-state index in [1.165, 1.54) is 4.90 Å². The van der Waals surface area contributed by atoms with Crippen molar-refractivity contribution in [1.29, 1.82) is 0 Å². The topological polar surface area (TPSA) is 97.6 Å². The zero-order chi connectivity index (χ0) is 12.4. The van der Waals surface area contributed by atoms with Crippen molar-refractivity contribution in [2.45, 2.75) is 0 Å². The van der Waals surface area contributed by atoms with Crippen LogP contribution >= 0.6 is 15.9 Å². The minimum absolute atomic E-state index is 0.117. The van der Waals surface area contributed by atoms with E-state index in [4.69, 9.17) is 10.6 Å². The number of halogens is 1. The van der Waals surface area contributed by atoms with Crippen LogP contribution in [0.1, 0.15) is 0 Å². The maximum absolute atomic E-state index is 11.6. The quantitative estimate of drug-likeness (QED) is 0.334. The van der Waals surface area contributed by atoms with E-state index in [-0.39, 0.29) is 19.1 Å². The Labute approximate surface area is 105 Å². The first-order valence-corrected chi connectivity index (χ1v) is 5.50. The highest BCUT2D eigenvalue weighted by Crippen LogP contribution is 2.31. The van der Waals surface area contributed by atoms with Gasteiger partial charge in [-0.3, -0.25) is 19.9 Å². The number of hydrogen-bond acceptors (Lipinski definition) is 5. The molecule has 0 saturated carbocycles. The number of carbonyl (C=O) groups excluding carboxylic acids is 2. The molecule has 1 aliphatic rings. The summed E-state index contributed by atoms with van der Waals surface area (Å²) in [5.41, 5.74) is 1.97. The van der Waals surface area contributed by atoms with Crippen molar-refractivity contribution in [3.63, 3.8) is 0 Å². The highest BCUT2D eigenvalue weighted by molar-refractivity contribution is 9.10. The third-order valence-electron chi connectivity index (χ3n) is 2.18. The lowest BCUT2D eigenvalue weighted by Crippen LogP contribution is -2.47. The lowest BCUT2D eigenvalue weighted by atomic mass is 10.3. The monoisotopic (exact) mass is 300 g/mol. The van der Waals surface area contributed by atoms with Crippen LogP contribution in [0.4, 0.5) is 5.82 Å². The van der Waals surface area contributed by atoms with Crippen LogP contribution in [0.15, 0.2) is 16.7 Å². The summed E-state index contributed by atoms with van der Waals surface area (Å²) >= 11 is 3.19. The van der Waals surface area contributed by atoms with Gasteiger partial charge in [0.05, 0.1) is 0 Å². The van der Waals surface area contributed by atoms with Crippen molar-refractivity contribution in [2.75, 3.05) is 18.1 Å². The van der Waals surface area contributed by atoms with Crippen molar-refractivity contribution < 1.29 is 14.3 Å². The number of carbonyl (C=O) groups is 2. The fourth-order valence-electron chi connectivity index (χ4n) is 1.41. The first-order chi connectivity index (χ1) is 8.11. The average Bonchev–Trinajstić information content (AvgIpc) is 2.32. The number of rotatable bonds is 2. The molecule has 0 fully saturated rings. The van der Waals surface area contributed by atoms with Crippen LogP contribution in [0.25, 0.3) is 0 Å². The smallest absolute Gasteiger partial charge is 0.266 e. The fraction of sp³-hybridized carbons (Fsp3) is 0.222. The number of nitrogens with one attached hydrogen (secondary N) is 1. The number of amides is 2. The number of aromatic nitrogens is 1. The lowest BCUT2D eigenvalue weighted by Gasteiger charge is -2.27. The van der Waals surface area contributed by atoms with Crippen molar-refractivity contribution >= 4 is 33.6 Å². The van der Waals surface area contributed by atoms with Crippen molar-refractivity contribution in [3.05, 3.63) is 16.7 Å². The molecule has 1 aliphatic heterocycles. The third-order valence-corrected chi connectivity index (χ3v) is 2.62. The van der Waals surface area contributed by atoms with Crippen molar-refractivity contribution in [3.8, 4) is 5.75 Å². The van der Waals surface area contributed by atoms with E-state index in [2.05, 4.69) is 20.9 Å². The molecule has 0 aliphatic carbocycles. The molecule has 8 heteroatoms. The number of nitrogens with two attached hydrogens (primary N) is 1. The number of hydrogen-bond donors (Lipinski definition) is 2. The second kappa shape index (κ2) is 4.68. The summed E-state index contributed by atoms with van der Waals surface area (Å²) in [7, 11) is 0. The molecule has 17 heavy (non-hydrogen) atoms. The van der Waals surface area contributed by atoms with Crippen molar-refractivity contribution in [2.24, 2.45) is 5.84 Å². The molecule has 0 unspecified atom stereocenters. The molecule has 1 aromatic rings. The Morgan fingerprint density at radius 1 is 1.65 bits per heavy atom. The predicted octanol–water partition coefficient (Wildman–Crippen LogP) is -0.441. The summed E-state index contributed by atoms with van der Waals surface area (Å²) < 4.78 is 5.75. The van der Waals surface area contributed by atoms with Gasteiger partial charge in [0.15, 0.2) is 18.2 Å². The maximum atomic E-state index is 11.6. The van der Waals surface area contributed by atoms with E-state index in [0.717, 1.165) is 0 Å². The number of fused-ring (bicyclic) bond motifs is 1. The number of hydrazine groups is 1. The summed E-state index contributed by atoms with van der Waals surface area (Å²) in [6, 6.07) is 3.36. The van der Waals surface area contributed by atoms with Gasteiger partial charge in [-0.25, -0.2) is 10.8 Å². The summed E-state index contributed by atoms with van der Waals surface area (Å²) in [5, 5.41) is 0. The second-order valence-corrected chi connectivity index (χ2v) is 4.10. The summed E-state index contributed by atoms with van der Waals surface area (Å²) in [5.74, 6) is 4.93. The van der Waals surface area contributed by atoms with Gasteiger partial charge >= 0.3 is 0 Å². The van der Waals surface area contributed by atoms with Gasteiger partial charge in [0.25, 0.3) is 11.8 Å². The van der Waals surface area contributed by atoms with E-state index < -0.39 is 5.91 Å². The average molecular weight is 301 g/mol. The number of ether oxygens (including phenoxy) is 1. The van der Waals surface area contributed by atoms with Crippen LogP contribution in [0, 0.1) is 0 Å². The van der Waals surface area contributed by atoms with Crippen LogP contribution in [-0.2, 0) is 9.59 Å². The minimum Gasteiger partial charge on any atom is -0.480 e. The van der Waals surface area contributed by atoms with E-state index in [1.54, 1.807) is 12.1 Å². The molecule has 2 rings (SSSR count). The van der Waals surface area contributed by atoms with Crippen molar-refractivity contribution in [1.82, 2.24) is 10.4 Å². The number of pyridine rings is 1. The zero-order valence-corrected chi connectivity index (χ0v) is 10.2. The summed E-state index contributed by atoms with van der Waals surface area (Å²) in [6.45, 7) is -0.302. The predicted molar refractivity (Wildman–Crippen MR) is 62.1 cm³/mol. The second-order valence-electron chi connectivity index (χ2n) is 3.29. The van der Waals surface area contributed by atoms with Gasteiger partial charge in [-0.2, -0.15) is 0 Å². The Morgan fingerprint density at radius 2 is 2.41 bits per heavy atom. The van der Waals surface area contributed by atoms with Crippen LogP contribution in [0.3, 0.4) is 0 Å². The van der Waals surface area contributed by atoms with Gasteiger partial charge in [0.1, 0.15) is 11.1 Å². The molecule has 0 atom stereocenters. The largest absolute Gasteiger partial charge is 0.480 e. The van der Waals surface area contributed by atoms with Gasteiger partial charge in [-0.15, -0.1) is 0 Å². The van der Waals surface area contributed by atoms with Crippen LogP contribution in [-0.4, -0.2) is 29.9 Å². The molecule has 3 N–H and O–H groups in total. The van der Waals surface area contributed by atoms with Gasteiger partial charge in [-0.1, -0.05) is 0 Å². The Bertz CT molecular complexity index is 479. The molecule has 0 saturated heterocycles. The molecule has 7 nitrogen and oxygen atoms in total. The molecule has 0 aromatic carbocycles. The molecule has 0 bridgehead atoms. The van der Waals surface area contributed by atoms with E-state index in [1.807, 2.05) is 5.43 Å². The summed E-state index contributed by atoms with van der Waals surface area (Å²) in [6.07, 6.45) is 0. The van der Waals surface area contributed by atoms with Gasteiger partial charge in [-0.05, 0) is 28.1 Å². The Morgan fingerprint density at radius 3 is 3.12 bits per heavy atom. The van der Waals surface area contributed by atoms with Crippen LogP contribution in [0.5, 0.6) is 5.75 Å². The normalized spacial score (nSPS) is 14.0. The zero-order valence-electron chi connectivity index (χ0n) is 8.64. The van der Waals surface area contributed by atoms with Gasteiger partial charge in [0.2, 0.25) is 0 Å². The number of anilines is 1. The van der Waals surface area contributed by atoms with Gasteiger partial charge in [0, 0.05) is 0 Å². The molecular weight excluding hydrogens is 292 g/mol. The molecular formula is C9H9BrN4O3. The molecule has 2 amide bonds. The Kier molecular flexibility index (Phi) is 3.25. The standard InChI is InChI=1S/C9H9BrN4O3/c10-6-2-1-5-9(12-6)14(3-7(15)13-11)8(16)4-17-5/h1-2H,3-4,11H2,(H,13,15). The third kappa shape index (κ3) is 2.37. The minimum atomic E-state index is -0.479. The highest BCUT2D eigenvalue weighted by Gasteiger charge is 2.28. The Hall–Kier alpha value is -1.67. The molecule has 90 valence electrons. The Balaban J connectivity index is 2.35. The lowest BCUT2D eigenvalue weighted by molar-refractivity contribution is -0.125. The molecule has 1 aromatic heterocycles. The molecule has 0 spiro atoms. The first kappa shape index (κ1) is 11.8. The molecule has 0 radical (unpaired) electrons. The van der Waals surface area contributed by atoms with E-state index in [0.29, 0.717) is 16.2 Å². The van der Waals surface area contributed by atoms with Gasteiger partial charge < -0.3 is 4.74 Å².